The second kappa shape index (κ2) is 18.1. The number of rotatable bonds is 8. The van der Waals surface area contributed by atoms with Gasteiger partial charge in [0.05, 0.1) is 11.0 Å². The molecule has 0 atom stereocenters. The molecule has 3 aromatic heterocycles. The van der Waals surface area contributed by atoms with Gasteiger partial charge in [-0.3, -0.25) is 0 Å². The first-order chi connectivity index (χ1) is 38.6. The summed E-state index contributed by atoms with van der Waals surface area (Å²) >= 11 is 0. The molecule has 7 aliphatic rings. The van der Waals surface area contributed by atoms with Crippen LogP contribution in [0.1, 0.15) is 43.2 Å². The smallest absolute Gasteiger partial charge is 0.316 e. The van der Waals surface area contributed by atoms with E-state index in [9.17, 15) is 0 Å². The van der Waals surface area contributed by atoms with Crippen molar-refractivity contribution in [2.24, 2.45) is 23.7 Å². The van der Waals surface area contributed by atoms with Crippen molar-refractivity contribution in [1.29, 1.82) is 0 Å². The second-order valence-corrected chi connectivity index (χ2v) is 22.5. The molecule has 0 radical (unpaired) electrons. The fourth-order valence-electron chi connectivity index (χ4n) is 15.7. The molecule has 6 heterocycles. The number of nitrogens with zero attached hydrogens (tertiary/aromatic N) is 6. The van der Waals surface area contributed by atoms with E-state index in [1.165, 1.54) is 76.2 Å². The number of ether oxygens (including phenoxy) is 1. The molecule has 0 unspecified atom stereocenters. The van der Waals surface area contributed by atoms with Crippen molar-refractivity contribution < 1.29 is 25.8 Å². The van der Waals surface area contributed by atoms with Crippen molar-refractivity contribution >= 4 is 85.0 Å². The number of allylic oxidation sites excluding steroid dienone is 3. The molecule has 7 nitrogen and oxygen atoms in total. The van der Waals surface area contributed by atoms with E-state index in [4.69, 9.17) is 9.72 Å². The number of fused-ring (bicyclic) bond motifs is 10. The molecule has 384 valence electrons. The summed E-state index contributed by atoms with van der Waals surface area (Å²) < 4.78 is 11.5. The molecule has 4 fully saturated rings. The first-order valence-electron chi connectivity index (χ1n) is 27.8. The molecular weight excluding hydrogens is 1150 g/mol. The van der Waals surface area contributed by atoms with Crippen LogP contribution in [-0.2, 0) is 26.5 Å². The van der Waals surface area contributed by atoms with E-state index in [2.05, 4.69) is 249 Å². The van der Waals surface area contributed by atoms with Crippen molar-refractivity contribution in [2.45, 2.75) is 37.5 Å². The average Bonchev–Trinajstić information content (AvgIpc) is 4.38. The van der Waals surface area contributed by atoms with Crippen LogP contribution in [0.15, 0.2) is 224 Å². The van der Waals surface area contributed by atoms with Crippen LogP contribution >= 0.6 is 0 Å². The van der Waals surface area contributed by atoms with Gasteiger partial charge in [-0.15, -0.1) is 48.1 Å². The van der Waals surface area contributed by atoms with E-state index in [0.717, 1.165) is 67.9 Å². The van der Waals surface area contributed by atoms with Crippen LogP contribution in [0, 0.1) is 42.5 Å². The number of hydrogen-bond acceptors (Lipinski definition) is 5. The van der Waals surface area contributed by atoms with Gasteiger partial charge in [-0.25, -0.2) is 4.98 Å². The van der Waals surface area contributed by atoms with Crippen LogP contribution in [-0.4, -0.2) is 21.0 Å². The van der Waals surface area contributed by atoms with Crippen molar-refractivity contribution in [2.75, 3.05) is 14.6 Å². The summed E-state index contributed by atoms with van der Waals surface area (Å²) in [5.74, 6) is 7.40. The molecule has 9 heteroatoms. The third-order valence-corrected chi connectivity index (χ3v) is 18.6. The topological polar surface area (TPSA) is 41.7 Å². The number of para-hydroxylation sites is 6. The Hall–Kier alpha value is -8.32. The Morgan fingerprint density at radius 2 is 1.18 bits per heavy atom. The fraction of sp³-hybridized carbons (Fsp3) is 0.143. The van der Waals surface area contributed by atoms with Crippen molar-refractivity contribution in [3.05, 3.63) is 254 Å². The first kappa shape index (κ1) is 46.7. The minimum atomic E-state index is -0.115. The van der Waals surface area contributed by atoms with Crippen LogP contribution in [0.3, 0.4) is 0 Å². The number of hydrogen-bond donors (Lipinski definition) is 0. The van der Waals surface area contributed by atoms with Crippen LogP contribution in [0.4, 0.5) is 28.4 Å². The van der Waals surface area contributed by atoms with E-state index in [-0.39, 0.29) is 33.3 Å². The first-order valence-corrected chi connectivity index (χ1v) is 27.8. The van der Waals surface area contributed by atoms with Crippen LogP contribution in [0.5, 0.6) is 11.5 Å². The predicted octanol–water partition coefficient (Wildman–Crippen LogP) is 16.8. The van der Waals surface area contributed by atoms with Crippen molar-refractivity contribution in [3.8, 4) is 23.0 Å². The molecule has 3 aliphatic heterocycles. The fourth-order valence-corrected chi connectivity index (χ4v) is 15.7. The van der Waals surface area contributed by atoms with Gasteiger partial charge in [0.15, 0.2) is 0 Å². The summed E-state index contributed by atoms with van der Waals surface area (Å²) in [4.78, 5) is 12.2. The number of anilines is 5. The number of aromatic nitrogens is 3. The van der Waals surface area contributed by atoms with Gasteiger partial charge in [0.25, 0.3) is 0 Å². The summed E-state index contributed by atoms with van der Waals surface area (Å²) in [6.45, 7) is 2.31. The molecule has 0 N–H and O–H groups in total. The van der Waals surface area contributed by atoms with E-state index in [0.29, 0.717) is 23.3 Å². The molecule has 4 bridgehead atoms. The zero-order chi connectivity index (χ0) is 51.1. The summed E-state index contributed by atoms with van der Waals surface area (Å²) in [5.41, 5.74) is 15.0. The molecule has 4 saturated carbocycles. The Balaban J connectivity index is 0.00000520. The van der Waals surface area contributed by atoms with Crippen molar-refractivity contribution in [1.82, 2.24) is 14.1 Å². The van der Waals surface area contributed by atoms with Crippen LogP contribution in [0.2, 0.25) is 0 Å². The van der Waals surface area contributed by atoms with Gasteiger partial charge in [-0.05, 0) is 157 Å². The Bertz CT molecular complexity index is 4280. The van der Waals surface area contributed by atoms with E-state index in [1.807, 2.05) is 18.2 Å². The molecule has 0 saturated heterocycles. The molecule has 18 rings (SSSR count). The van der Waals surface area contributed by atoms with Crippen LogP contribution in [0.25, 0.3) is 61.2 Å². The van der Waals surface area contributed by atoms with Gasteiger partial charge in [0.1, 0.15) is 5.82 Å². The zero-order valence-corrected chi connectivity index (χ0v) is 45.5. The second-order valence-electron chi connectivity index (χ2n) is 22.5. The predicted molar refractivity (Wildman–Crippen MR) is 318 cm³/mol. The van der Waals surface area contributed by atoms with E-state index >= 15 is 0 Å². The standard InChI is InChI=1S/C70H52BN6O.Pt/c1-5-19-61-48(13-1)32-34-71-68(25-12-36-75(61)71)70(50-38-46-37-47(40-50)41-51(70)39-46)49-33-35-72-69(42-49)77-64-22-8-4-18-59(64)60-31-30-56(44-67(60)77)78-55-15-11-14-54(43-55)74-45-73(65-23-9-10-24-66(65)74)52-26-28-53(29-27-52)76-62-20-6-2-16-57(62)58-17-3-7-21-63(58)76;/h1-36,42,45-47,50-51H,37-41H2;/q-3;. The Morgan fingerprint density at radius 1 is 0.557 bits per heavy atom. The quantitative estimate of drug-likeness (QED) is 0.112. The maximum absolute atomic E-state index is 6.81. The average molecular weight is 1200 g/mol. The molecule has 8 aromatic carbocycles. The summed E-state index contributed by atoms with van der Waals surface area (Å²) in [6.07, 6.45) is 18.1. The van der Waals surface area contributed by atoms with E-state index < -0.39 is 0 Å². The molecule has 4 aliphatic carbocycles. The van der Waals surface area contributed by atoms with Crippen LogP contribution < -0.4 is 19.3 Å². The number of benzene rings is 8. The third kappa shape index (κ3) is 7.06. The van der Waals surface area contributed by atoms with Crippen molar-refractivity contribution in [3.63, 3.8) is 0 Å². The summed E-state index contributed by atoms with van der Waals surface area (Å²) in [7, 11) is 0. The zero-order valence-electron chi connectivity index (χ0n) is 43.3. The normalized spacial score (nSPS) is 21.4. The van der Waals surface area contributed by atoms with Gasteiger partial charge in [-0.1, -0.05) is 114 Å². The molecule has 0 amide bonds. The van der Waals surface area contributed by atoms with Gasteiger partial charge >= 0.3 is 6.85 Å². The third-order valence-electron chi connectivity index (χ3n) is 18.6. The number of pyridine rings is 1. The minimum absolute atomic E-state index is 0. The Morgan fingerprint density at radius 3 is 1.91 bits per heavy atom. The maximum Gasteiger partial charge on any atom is 0.316 e. The molecule has 79 heavy (non-hydrogen) atoms. The van der Waals surface area contributed by atoms with Gasteiger partial charge in [-0.2, -0.15) is 12.1 Å². The van der Waals surface area contributed by atoms with E-state index in [1.54, 1.807) is 0 Å². The molecule has 11 aromatic rings. The summed E-state index contributed by atoms with van der Waals surface area (Å²) in [5, 5.41) is 4.78. The van der Waals surface area contributed by atoms with Gasteiger partial charge in [0.2, 0.25) is 0 Å². The minimum Gasteiger partial charge on any atom is -0.509 e. The monoisotopic (exact) mass is 1200 g/mol. The maximum atomic E-state index is 6.81. The molecular formula is C70H52BN6OPt-3. The van der Waals surface area contributed by atoms with Gasteiger partial charge < -0.3 is 28.5 Å². The Kier molecular flexibility index (Phi) is 10.7. The van der Waals surface area contributed by atoms with Gasteiger partial charge in [0, 0.05) is 88.9 Å². The largest absolute Gasteiger partial charge is 0.509 e. The summed E-state index contributed by atoms with van der Waals surface area (Å²) in [6, 6.07) is 74.9. The molecule has 0 spiro atoms. The SMILES string of the molecule is [Pt].[c-]1c(Oc2[c-]c3c(cc2)c2ccccc2n3-c2cc(C3(C4=CC=CN5B4C=Cc4ccccc45)C4CC5CC(C4)CC3C5)ccn2)cccc1N1[CH-]N(c2ccc(-n3c4ccccc4c4ccccc43)cc2)c2ccccc21. The Labute approximate surface area is 474 Å².